The molecule has 0 N–H and O–H groups in total. The van der Waals surface area contributed by atoms with Gasteiger partial charge in [-0.25, -0.2) is 0 Å². The van der Waals surface area contributed by atoms with Gasteiger partial charge in [0.2, 0.25) is 0 Å². The van der Waals surface area contributed by atoms with Crippen LogP contribution in [0.2, 0.25) is 13.1 Å². The van der Waals surface area contributed by atoms with Crippen molar-refractivity contribution in [3.63, 3.8) is 0 Å². The Morgan fingerprint density at radius 1 is 0.769 bits per heavy atom. The van der Waals surface area contributed by atoms with Crippen LogP contribution in [-0.2, 0) is 27.9 Å². The van der Waals surface area contributed by atoms with E-state index in [-0.39, 0.29) is 0 Å². The van der Waals surface area contributed by atoms with Gasteiger partial charge >= 0.3 is 166 Å². The van der Waals surface area contributed by atoms with E-state index in [2.05, 4.69) is 75.5 Å². The van der Waals surface area contributed by atoms with Crippen LogP contribution in [-0.4, -0.2) is 5.43 Å². The second kappa shape index (κ2) is 6.31. The maximum atomic E-state index is 7.80. The van der Waals surface area contributed by atoms with Crippen molar-refractivity contribution < 1.29 is 15.0 Å². The Morgan fingerprint density at radius 3 is 1.58 bits per heavy atom. The normalized spacial score (nSPS) is 16.1. The number of fused-ring (bicyclic) bond motifs is 2. The van der Waals surface area contributed by atoms with Gasteiger partial charge in [-0.05, 0) is 0 Å². The summed E-state index contributed by atoms with van der Waals surface area (Å²) in [6, 6.07) is 13.2. The summed E-state index contributed by atoms with van der Waals surface area (Å²) in [5.41, 5.74) is 7.20. The zero-order valence-corrected chi connectivity index (χ0v) is 20.8. The Kier molecular flexibility index (Phi) is 4.60. The number of rotatable bonds is 2. The Balaban J connectivity index is 2.13. The molecule has 0 aromatic heterocycles. The first kappa shape index (κ1) is 18.9. The Hall–Kier alpha value is -0.400. The SMILES string of the molecule is CC1=Cc2c(ccc[c]2[Zr]([Cl])([Cl])([c]2cccc3c2C=C(C)C3)=[Si](C)C)C1. The predicted octanol–water partition coefficient (Wildman–Crippen LogP) is 5.80. The van der Waals surface area contributed by atoms with Gasteiger partial charge in [0.25, 0.3) is 0 Å². The van der Waals surface area contributed by atoms with Gasteiger partial charge in [0, 0.05) is 0 Å². The van der Waals surface area contributed by atoms with Gasteiger partial charge < -0.3 is 0 Å². The van der Waals surface area contributed by atoms with Gasteiger partial charge in [-0.2, -0.15) is 0 Å². The second-order valence-electron chi connectivity index (χ2n) is 8.11. The fourth-order valence-corrected chi connectivity index (χ4v) is 26.1. The molecule has 0 radical (unpaired) electrons. The van der Waals surface area contributed by atoms with E-state index in [1.54, 1.807) is 0 Å². The summed E-state index contributed by atoms with van der Waals surface area (Å²) in [7, 11) is 15.6. The van der Waals surface area contributed by atoms with Crippen LogP contribution in [0.5, 0.6) is 0 Å². The molecule has 2 aromatic rings. The van der Waals surface area contributed by atoms with E-state index in [1.165, 1.54) is 39.9 Å². The third-order valence-electron chi connectivity index (χ3n) is 5.94. The summed E-state index contributed by atoms with van der Waals surface area (Å²) in [4.78, 5) is 0. The van der Waals surface area contributed by atoms with E-state index in [1.807, 2.05) is 0 Å². The van der Waals surface area contributed by atoms with Crippen molar-refractivity contribution in [2.75, 3.05) is 0 Å². The monoisotopic (exact) mass is 476 g/mol. The van der Waals surface area contributed by atoms with Crippen LogP contribution < -0.4 is 6.54 Å². The topological polar surface area (TPSA) is 0 Å². The standard InChI is InChI=1S/2C10H9.C2H6Si.2ClH.Zr/c2*1-8-6-9-4-2-3-5-10(9)7-8;1-3-2;;;/h2*2-4,7H,6H2,1H3;1-2H3;2*1H;/q;;;;;+2/p-2. The van der Waals surface area contributed by atoms with Crippen LogP contribution in [0.3, 0.4) is 0 Å². The van der Waals surface area contributed by atoms with Crippen molar-refractivity contribution in [3.8, 4) is 0 Å². The summed E-state index contributed by atoms with van der Waals surface area (Å²) in [6.07, 6.45) is 6.67. The Bertz CT molecular complexity index is 1000. The van der Waals surface area contributed by atoms with Crippen molar-refractivity contribution in [3.05, 3.63) is 69.8 Å². The zero-order chi connectivity index (χ0) is 18.7. The molecule has 0 saturated carbocycles. The molecule has 0 aliphatic heterocycles. The molecule has 4 rings (SSSR count). The third-order valence-corrected chi connectivity index (χ3v) is 48.9. The van der Waals surface area contributed by atoms with Crippen molar-refractivity contribution in [2.45, 2.75) is 39.8 Å². The molecule has 2 aliphatic carbocycles. The molecule has 2 aliphatic rings. The summed E-state index contributed by atoms with van der Waals surface area (Å²) < 4.78 is 2.52. The molecule has 0 spiro atoms. The molecular formula is C22H24Cl2SiZr. The fraction of sp³-hybridized carbons (Fsp3) is 0.273. The van der Waals surface area contributed by atoms with Gasteiger partial charge in [-0.3, -0.25) is 0 Å². The van der Waals surface area contributed by atoms with E-state index in [4.69, 9.17) is 17.0 Å². The van der Waals surface area contributed by atoms with Gasteiger partial charge in [-0.15, -0.1) is 0 Å². The average Bonchev–Trinajstić information content (AvgIpc) is 3.14. The van der Waals surface area contributed by atoms with Crippen molar-refractivity contribution in [1.82, 2.24) is 0 Å². The molecule has 26 heavy (non-hydrogen) atoms. The summed E-state index contributed by atoms with van der Waals surface area (Å²) in [6.45, 7) is 9.02. The van der Waals surface area contributed by atoms with Gasteiger partial charge in [0.05, 0.1) is 0 Å². The van der Waals surface area contributed by atoms with Crippen LogP contribution in [0.15, 0.2) is 47.5 Å². The summed E-state index contributed by atoms with van der Waals surface area (Å²) >= 11 is -4.44. The first-order valence-corrected chi connectivity index (χ1v) is 24.2. The van der Waals surface area contributed by atoms with Crippen LogP contribution in [0.1, 0.15) is 36.1 Å². The van der Waals surface area contributed by atoms with Gasteiger partial charge in [0.15, 0.2) is 0 Å². The first-order chi connectivity index (χ1) is 12.2. The molecule has 4 heteroatoms. The maximum absolute atomic E-state index is 7.80. The molecule has 0 atom stereocenters. The molecule has 0 unspecified atom stereocenters. The molecule has 134 valence electrons. The minimum absolute atomic E-state index is 0.969. The van der Waals surface area contributed by atoms with Crippen LogP contribution >= 0.6 is 17.0 Å². The summed E-state index contributed by atoms with van der Waals surface area (Å²) in [5.74, 6) is 0. The first-order valence-electron chi connectivity index (χ1n) is 9.18. The number of hydrogen-bond acceptors (Lipinski definition) is 0. The second-order valence-corrected chi connectivity index (χ2v) is 44.9. The van der Waals surface area contributed by atoms with Crippen molar-refractivity contribution >= 4 is 41.2 Å². The number of allylic oxidation sites excluding steroid dienone is 2. The molecule has 0 saturated heterocycles. The van der Waals surface area contributed by atoms with E-state index >= 15 is 0 Å². The fourth-order valence-electron chi connectivity index (χ4n) is 4.52. The zero-order valence-electron chi connectivity index (χ0n) is 15.8. The van der Waals surface area contributed by atoms with Crippen LogP contribution in [0, 0.1) is 0 Å². The molecule has 0 nitrogen and oxygen atoms in total. The quantitative estimate of drug-likeness (QED) is 0.478. The van der Waals surface area contributed by atoms with Crippen LogP contribution in [0.4, 0.5) is 0 Å². The van der Waals surface area contributed by atoms with Crippen molar-refractivity contribution in [1.29, 1.82) is 0 Å². The number of hydrogen-bond donors (Lipinski definition) is 0. The Morgan fingerprint density at radius 2 is 1.19 bits per heavy atom. The Labute approximate surface area is 164 Å². The van der Waals surface area contributed by atoms with E-state index < -0.39 is 20.4 Å². The summed E-state index contributed by atoms with van der Waals surface area (Å²) in [5, 5.41) is 0. The van der Waals surface area contributed by atoms with E-state index in [0.717, 1.165) is 12.8 Å². The molecule has 0 amide bonds. The molecule has 0 heterocycles. The molecular weight excluding hydrogens is 454 g/mol. The van der Waals surface area contributed by atoms with E-state index in [9.17, 15) is 0 Å². The molecule has 2 aromatic carbocycles. The van der Waals surface area contributed by atoms with E-state index in [0.29, 0.717) is 0 Å². The number of benzene rings is 2. The third kappa shape index (κ3) is 2.64. The average molecular weight is 479 g/mol. The van der Waals surface area contributed by atoms with Gasteiger partial charge in [-0.1, -0.05) is 0 Å². The van der Waals surface area contributed by atoms with Gasteiger partial charge in [0.1, 0.15) is 0 Å². The number of halogens is 2. The van der Waals surface area contributed by atoms with Crippen molar-refractivity contribution in [2.24, 2.45) is 0 Å². The predicted molar refractivity (Wildman–Crippen MR) is 116 cm³/mol. The molecule has 0 fully saturated rings. The minimum atomic E-state index is -4.44. The molecule has 0 bridgehead atoms. The van der Waals surface area contributed by atoms with Crippen LogP contribution in [0.25, 0.3) is 12.2 Å².